The number of aromatic nitrogens is 5. The van der Waals surface area contributed by atoms with Gasteiger partial charge < -0.3 is 15.5 Å². The predicted molar refractivity (Wildman–Crippen MR) is 147 cm³/mol. The van der Waals surface area contributed by atoms with Crippen LogP contribution in [0, 0.1) is 23.2 Å². The minimum atomic E-state index is -0.161. The number of benzene rings is 1. The fourth-order valence-corrected chi connectivity index (χ4v) is 5.65. The number of amides is 2. The van der Waals surface area contributed by atoms with Crippen LogP contribution in [0.2, 0.25) is 0 Å². The molecule has 2 N–H and O–H groups in total. The van der Waals surface area contributed by atoms with E-state index >= 15 is 0 Å². The molecule has 1 saturated carbocycles. The zero-order chi connectivity index (χ0) is 26.5. The Morgan fingerprint density at radius 2 is 1.79 bits per heavy atom. The summed E-state index contributed by atoms with van der Waals surface area (Å²) in [4.78, 5) is 19.4. The zero-order valence-corrected chi connectivity index (χ0v) is 21.2. The van der Waals surface area contributed by atoms with Gasteiger partial charge in [0.1, 0.15) is 11.9 Å². The molecule has 192 valence electrons. The minimum Gasteiger partial charge on any atom is -0.356 e. The van der Waals surface area contributed by atoms with Gasteiger partial charge in [0.2, 0.25) is 0 Å². The lowest BCUT2D eigenvalue weighted by Crippen LogP contribution is -2.37. The van der Waals surface area contributed by atoms with Crippen molar-refractivity contribution in [2.45, 2.75) is 6.04 Å². The van der Waals surface area contributed by atoms with Gasteiger partial charge in [-0.25, -0.2) is 14.3 Å². The summed E-state index contributed by atoms with van der Waals surface area (Å²) in [6.07, 6.45) is 9.13. The van der Waals surface area contributed by atoms with Crippen LogP contribution in [-0.2, 0) is 7.05 Å². The third kappa shape index (κ3) is 4.14. The number of aryl methyl sites for hydroxylation is 1. The van der Waals surface area contributed by atoms with Crippen LogP contribution in [0.4, 0.5) is 16.3 Å². The van der Waals surface area contributed by atoms with E-state index < -0.39 is 0 Å². The average Bonchev–Trinajstić information content (AvgIpc) is 3.41. The quantitative estimate of drug-likeness (QED) is 0.367. The van der Waals surface area contributed by atoms with E-state index in [1.165, 1.54) is 0 Å². The molecule has 5 aromatic rings. The molecule has 2 amide bonds. The summed E-state index contributed by atoms with van der Waals surface area (Å²) in [5.74, 6) is 1.76. The summed E-state index contributed by atoms with van der Waals surface area (Å²) in [5, 5.41) is 24.4. The lowest BCUT2D eigenvalue weighted by atomic mass is 10.0. The lowest BCUT2D eigenvalue weighted by molar-refractivity contribution is 0.250. The third-order valence-corrected chi connectivity index (χ3v) is 7.68. The molecule has 1 aromatic carbocycles. The molecule has 0 bridgehead atoms. The highest BCUT2D eigenvalue weighted by molar-refractivity contribution is 5.90. The van der Waals surface area contributed by atoms with Gasteiger partial charge in [-0.15, -0.1) is 0 Å². The average molecular weight is 516 g/mol. The van der Waals surface area contributed by atoms with Crippen LogP contribution in [0.15, 0.2) is 79.5 Å². The number of nitrogens with one attached hydrogen (secondary N) is 2. The maximum Gasteiger partial charge on any atom is 0.319 e. The van der Waals surface area contributed by atoms with Crippen LogP contribution in [0.3, 0.4) is 0 Å². The highest BCUT2D eigenvalue weighted by atomic mass is 16.2. The minimum absolute atomic E-state index is 0.161. The normalized spacial score (nSPS) is 19.5. The first-order valence-corrected chi connectivity index (χ1v) is 12.8. The molecule has 39 heavy (non-hydrogen) atoms. The number of urea groups is 1. The maximum atomic E-state index is 12.4. The van der Waals surface area contributed by atoms with Gasteiger partial charge in [0.25, 0.3) is 0 Å². The Morgan fingerprint density at radius 3 is 2.49 bits per heavy atom. The van der Waals surface area contributed by atoms with Gasteiger partial charge in [-0.05, 0) is 30.3 Å². The Bertz CT molecular complexity index is 1720. The largest absolute Gasteiger partial charge is 0.356 e. The second-order valence-corrected chi connectivity index (χ2v) is 10.1. The summed E-state index contributed by atoms with van der Waals surface area (Å²) in [5.41, 5.74) is 5.78. The molecule has 1 saturated heterocycles. The maximum absolute atomic E-state index is 12.4. The van der Waals surface area contributed by atoms with Gasteiger partial charge in [-0.2, -0.15) is 15.5 Å². The van der Waals surface area contributed by atoms with Crippen LogP contribution in [0.5, 0.6) is 0 Å². The number of carbonyl (C=O) groups is 1. The predicted octanol–water partition coefficient (Wildman–Crippen LogP) is 3.92. The highest BCUT2D eigenvalue weighted by Gasteiger charge is 2.56. The molecule has 0 radical (unpaired) electrons. The molecule has 2 aliphatic rings. The first-order valence-electron chi connectivity index (χ1n) is 12.8. The summed E-state index contributed by atoms with van der Waals surface area (Å²) < 4.78 is 3.51. The summed E-state index contributed by atoms with van der Waals surface area (Å²) in [6, 6.07) is 17.9. The van der Waals surface area contributed by atoms with E-state index in [1.807, 2.05) is 74.3 Å². The molecule has 10 heteroatoms. The Hall–Kier alpha value is -5.17. The number of nitriles is 1. The molecule has 4 aromatic heterocycles. The van der Waals surface area contributed by atoms with Gasteiger partial charge in [0.05, 0.1) is 23.5 Å². The number of hydrogen-bond acceptors (Lipinski definition) is 6. The fraction of sp³-hybridized carbons (Fsp3) is 0.207. The Kier molecular flexibility index (Phi) is 5.30. The number of nitrogens with zero attached hydrogens (tertiary/aromatic N) is 7. The first-order chi connectivity index (χ1) is 19.1. The summed E-state index contributed by atoms with van der Waals surface area (Å²) in [6.45, 7) is 1.71. The number of fused-ring (bicyclic) bond motifs is 2. The van der Waals surface area contributed by atoms with Gasteiger partial charge in [-0.1, -0.05) is 18.2 Å². The summed E-state index contributed by atoms with van der Waals surface area (Å²) >= 11 is 0. The van der Waals surface area contributed by atoms with Crippen molar-refractivity contribution in [3.05, 3.63) is 85.1 Å². The van der Waals surface area contributed by atoms with Crippen molar-refractivity contribution >= 4 is 23.1 Å². The van der Waals surface area contributed by atoms with Gasteiger partial charge >= 0.3 is 6.03 Å². The van der Waals surface area contributed by atoms with Crippen molar-refractivity contribution in [2.24, 2.45) is 18.9 Å². The number of anilines is 2. The molecular weight excluding hydrogens is 490 g/mol. The number of para-hydroxylation sites is 1. The lowest BCUT2D eigenvalue weighted by Gasteiger charge is -2.21. The molecule has 7 rings (SSSR count). The van der Waals surface area contributed by atoms with E-state index in [-0.39, 0.29) is 12.1 Å². The van der Waals surface area contributed by atoms with E-state index in [1.54, 1.807) is 15.4 Å². The molecule has 1 aliphatic carbocycles. The molecule has 1 unspecified atom stereocenters. The number of carbonyl (C=O) groups excluding carboxylic acids is 1. The number of rotatable bonds is 5. The van der Waals surface area contributed by atoms with Crippen molar-refractivity contribution in [1.29, 1.82) is 5.26 Å². The number of hydrogen-bond donors (Lipinski definition) is 2. The third-order valence-electron chi connectivity index (χ3n) is 7.68. The standard InChI is InChI=1S/C29H25N9O/c1-36-14-21(13-32-36)19-9-23(28-20(10-30)12-33-38(28)15-19)18-7-8-26(31-11-18)37-16-24-25(17-37)27(24)35-29(39)34-22-5-3-2-4-6-22/h2-9,11-15,24-25,27H,16-17H2,1H3,(H2,34,35,39)/t24-,25+,27?. The topological polar surface area (TPSA) is 116 Å². The van der Waals surface area contributed by atoms with Crippen LogP contribution in [0.1, 0.15) is 5.56 Å². The van der Waals surface area contributed by atoms with Gasteiger partial charge in [0, 0.05) is 84.5 Å². The molecule has 3 atom stereocenters. The molecular formula is C29H25N9O. The second kappa shape index (κ2) is 8.99. The monoisotopic (exact) mass is 515 g/mol. The van der Waals surface area contributed by atoms with Crippen molar-refractivity contribution < 1.29 is 4.79 Å². The van der Waals surface area contributed by atoms with E-state index in [9.17, 15) is 10.1 Å². The Balaban J connectivity index is 1.07. The SMILES string of the molecule is Cn1cc(-c2cc(-c3ccc(N4C[C@@H]5C(NC(=O)Nc6ccccc6)[C@@H]5C4)nc3)c3c(C#N)cnn3c2)cn1. The van der Waals surface area contributed by atoms with Crippen molar-refractivity contribution in [1.82, 2.24) is 29.7 Å². The number of pyridine rings is 2. The van der Waals surface area contributed by atoms with Crippen LogP contribution in [0.25, 0.3) is 27.8 Å². The van der Waals surface area contributed by atoms with E-state index in [0.717, 1.165) is 52.4 Å². The first kappa shape index (κ1) is 23.0. The van der Waals surface area contributed by atoms with Crippen molar-refractivity contribution in [2.75, 3.05) is 23.3 Å². The molecule has 2 fully saturated rings. The second-order valence-electron chi connectivity index (χ2n) is 10.1. The van der Waals surface area contributed by atoms with Crippen molar-refractivity contribution in [3.63, 3.8) is 0 Å². The Labute approximate surface area is 224 Å². The van der Waals surface area contributed by atoms with E-state index in [0.29, 0.717) is 17.4 Å². The zero-order valence-electron chi connectivity index (χ0n) is 21.2. The highest BCUT2D eigenvalue weighted by Crippen LogP contribution is 2.46. The van der Waals surface area contributed by atoms with Crippen LogP contribution < -0.4 is 15.5 Å². The summed E-state index contributed by atoms with van der Waals surface area (Å²) in [7, 11) is 1.88. The molecule has 1 aliphatic heterocycles. The number of piperidine rings is 1. The smallest absolute Gasteiger partial charge is 0.319 e. The molecule has 10 nitrogen and oxygen atoms in total. The molecule has 5 heterocycles. The molecule has 0 spiro atoms. The Morgan fingerprint density at radius 1 is 0.974 bits per heavy atom. The van der Waals surface area contributed by atoms with E-state index in [2.05, 4.69) is 37.9 Å². The van der Waals surface area contributed by atoms with Crippen LogP contribution in [-0.4, -0.2) is 49.5 Å². The van der Waals surface area contributed by atoms with Crippen LogP contribution >= 0.6 is 0 Å². The van der Waals surface area contributed by atoms with E-state index in [4.69, 9.17) is 4.98 Å². The van der Waals surface area contributed by atoms with Gasteiger partial charge in [0.15, 0.2) is 0 Å². The fourth-order valence-electron chi connectivity index (χ4n) is 5.65. The van der Waals surface area contributed by atoms with Gasteiger partial charge in [-0.3, -0.25) is 4.68 Å². The van der Waals surface area contributed by atoms with Crippen molar-refractivity contribution in [3.8, 4) is 28.3 Å².